The summed E-state index contributed by atoms with van der Waals surface area (Å²) in [5, 5.41) is 19.8. The van der Waals surface area contributed by atoms with E-state index < -0.39 is 18.2 Å². The van der Waals surface area contributed by atoms with Crippen molar-refractivity contribution in [1.82, 2.24) is 0 Å². The van der Waals surface area contributed by atoms with Gasteiger partial charge in [-0.25, -0.2) is 0 Å². The first-order valence-electron chi connectivity index (χ1n) is 5.94. The summed E-state index contributed by atoms with van der Waals surface area (Å²) in [6.07, 6.45) is -2.86. The molecule has 19 heavy (non-hydrogen) atoms. The fourth-order valence-corrected chi connectivity index (χ4v) is 1.65. The summed E-state index contributed by atoms with van der Waals surface area (Å²) in [6, 6.07) is 4.73. The maximum atomic E-state index is 11.2. The second kappa shape index (κ2) is 6.96. The molecule has 4 N–H and O–H groups in total. The van der Waals surface area contributed by atoms with Crippen molar-refractivity contribution in [2.75, 3.05) is 19.5 Å². The van der Waals surface area contributed by atoms with Gasteiger partial charge in [0.05, 0.1) is 26.2 Å². The lowest BCUT2D eigenvalue weighted by Gasteiger charge is -2.19. The van der Waals surface area contributed by atoms with Gasteiger partial charge in [-0.05, 0) is 25.1 Å². The fourth-order valence-electron chi connectivity index (χ4n) is 1.65. The van der Waals surface area contributed by atoms with E-state index in [0.717, 1.165) is 0 Å². The Bertz CT molecular complexity index is 435. The molecule has 0 bridgehead atoms. The number of esters is 1. The number of hydrogen-bond donors (Lipinski definition) is 3. The second-order valence-electron chi connectivity index (χ2n) is 4.02. The van der Waals surface area contributed by atoms with Gasteiger partial charge in [0.15, 0.2) is 0 Å². The summed E-state index contributed by atoms with van der Waals surface area (Å²) in [6.45, 7) is 1.89. The van der Waals surface area contributed by atoms with E-state index in [1.54, 1.807) is 19.1 Å². The summed E-state index contributed by atoms with van der Waals surface area (Å²) in [5.74, 6) is -0.0675. The molecule has 0 aliphatic heterocycles. The summed E-state index contributed by atoms with van der Waals surface area (Å²) >= 11 is 0. The molecular formula is C13H19NO5. The number of carbonyl (C=O) groups excluding carboxylic acids is 1. The molecule has 0 saturated heterocycles. The highest BCUT2D eigenvalue weighted by Crippen LogP contribution is 2.28. The largest absolute Gasteiger partial charge is 0.497 e. The number of anilines is 1. The quantitative estimate of drug-likeness (QED) is 0.517. The van der Waals surface area contributed by atoms with E-state index in [-0.39, 0.29) is 13.0 Å². The van der Waals surface area contributed by atoms with Crippen molar-refractivity contribution >= 4 is 11.7 Å². The Hall–Kier alpha value is -1.79. The lowest BCUT2D eigenvalue weighted by molar-refractivity contribution is -0.147. The van der Waals surface area contributed by atoms with Crippen LogP contribution in [0.25, 0.3) is 0 Å². The van der Waals surface area contributed by atoms with Crippen LogP contribution in [0.5, 0.6) is 5.75 Å². The van der Waals surface area contributed by atoms with Crippen LogP contribution in [0.1, 0.15) is 25.0 Å². The van der Waals surface area contributed by atoms with Crippen LogP contribution in [0.15, 0.2) is 18.2 Å². The van der Waals surface area contributed by atoms with Crippen molar-refractivity contribution in [2.45, 2.75) is 25.6 Å². The Morgan fingerprint density at radius 2 is 2.11 bits per heavy atom. The van der Waals surface area contributed by atoms with E-state index in [9.17, 15) is 15.0 Å². The number of carbonyl (C=O) groups is 1. The molecule has 6 nitrogen and oxygen atoms in total. The number of hydrogen-bond acceptors (Lipinski definition) is 6. The maximum Gasteiger partial charge on any atom is 0.308 e. The molecule has 1 aromatic rings. The first kappa shape index (κ1) is 15.3. The third-order valence-electron chi connectivity index (χ3n) is 2.66. The number of nitrogen functional groups attached to an aromatic ring is 1. The predicted octanol–water partition coefficient (Wildman–Crippen LogP) is 0.625. The monoisotopic (exact) mass is 269 g/mol. The summed E-state index contributed by atoms with van der Waals surface area (Å²) in [5.41, 5.74) is 6.36. The van der Waals surface area contributed by atoms with Crippen LogP contribution in [0.4, 0.5) is 5.69 Å². The van der Waals surface area contributed by atoms with E-state index in [0.29, 0.717) is 17.0 Å². The average Bonchev–Trinajstić information content (AvgIpc) is 2.38. The number of aliphatic hydroxyl groups is 2. The minimum atomic E-state index is -1.28. The van der Waals surface area contributed by atoms with Gasteiger partial charge in [-0.1, -0.05) is 0 Å². The molecule has 6 heteroatoms. The van der Waals surface area contributed by atoms with Gasteiger partial charge < -0.3 is 25.4 Å². The Labute approximate surface area is 111 Å². The fraction of sp³-hybridized carbons (Fsp3) is 0.462. The summed E-state index contributed by atoms with van der Waals surface area (Å²) in [7, 11) is 1.48. The first-order valence-corrected chi connectivity index (χ1v) is 5.94. The zero-order valence-corrected chi connectivity index (χ0v) is 11.0. The highest BCUT2D eigenvalue weighted by Gasteiger charge is 2.24. The van der Waals surface area contributed by atoms with E-state index in [1.165, 1.54) is 13.2 Å². The van der Waals surface area contributed by atoms with Gasteiger partial charge in [-0.15, -0.1) is 0 Å². The molecule has 0 amide bonds. The van der Waals surface area contributed by atoms with Crippen molar-refractivity contribution < 1.29 is 24.5 Å². The molecule has 2 atom stereocenters. The third kappa shape index (κ3) is 4.11. The van der Waals surface area contributed by atoms with Crippen molar-refractivity contribution in [3.8, 4) is 5.75 Å². The number of aliphatic hydroxyl groups excluding tert-OH is 2. The smallest absolute Gasteiger partial charge is 0.308 e. The average molecular weight is 269 g/mol. The molecule has 2 unspecified atom stereocenters. The van der Waals surface area contributed by atoms with Crippen molar-refractivity contribution in [3.63, 3.8) is 0 Å². The minimum Gasteiger partial charge on any atom is -0.497 e. The molecule has 0 aliphatic carbocycles. The third-order valence-corrected chi connectivity index (χ3v) is 2.66. The highest BCUT2D eigenvalue weighted by molar-refractivity contribution is 5.70. The SMILES string of the molecule is CCOC(=O)CC(O)C(O)c1cc(OC)ccc1N. The molecule has 0 saturated carbocycles. The maximum absolute atomic E-state index is 11.2. The number of nitrogens with two attached hydrogens (primary N) is 1. The normalized spacial score (nSPS) is 13.7. The molecule has 1 rings (SSSR count). The Morgan fingerprint density at radius 3 is 2.68 bits per heavy atom. The van der Waals surface area contributed by atoms with Gasteiger partial charge in [-0.3, -0.25) is 4.79 Å². The molecule has 0 fully saturated rings. The number of methoxy groups -OCH3 is 1. The van der Waals surface area contributed by atoms with E-state index in [2.05, 4.69) is 0 Å². The Balaban J connectivity index is 2.81. The van der Waals surface area contributed by atoms with E-state index >= 15 is 0 Å². The number of benzene rings is 1. The van der Waals surface area contributed by atoms with Crippen LogP contribution in [0.2, 0.25) is 0 Å². The molecule has 0 aromatic heterocycles. The molecule has 0 spiro atoms. The lowest BCUT2D eigenvalue weighted by Crippen LogP contribution is -2.23. The zero-order valence-electron chi connectivity index (χ0n) is 11.0. The van der Waals surface area contributed by atoms with Crippen LogP contribution in [-0.2, 0) is 9.53 Å². The van der Waals surface area contributed by atoms with Crippen LogP contribution >= 0.6 is 0 Å². The Kier molecular flexibility index (Phi) is 5.59. The van der Waals surface area contributed by atoms with Gasteiger partial charge in [0.25, 0.3) is 0 Å². The highest BCUT2D eigenvalue weighted by atomic mass is 16.5. The van der Waals surface area contributed by atoms with Crippen molar-refractivity contribution in [2.24, 2.45) is 0 Å². The van der Waals surface area contributed by atoms with Crippen LogP contribution in [0, 0.1) is 0 Å². The van der Waals surface area contributed by atoms with Crippen LogP contribution in [0.3, 0.4) is 0 Å². The van der Waals surface area contributed by atoms with Crippen molar-refractivity contribution in [1.29, 1.82) is 0 Å². The summed E-state index contributed by atoms with van der Waals surface area (Å²) in [4.78, 5) is 11.2. The molecule has 106 valence electrons. The standard InChI is InChI=1S/C13H19NO5/c1-3-19-12(16)7-11(15)13(17)9-6-8(18-2)4-5-10(9)14/h4-6,11,13,15,17H,3,7,14H2,1-2H3. The van der Waals surface area contributed by atoms with Gasteiger partial charge >= 0.3 is 5.97 Å². The molecular weight excluding hydrogens is 250 g/mol. The van der Waals surface area contributed by atoms with Gasteiger partial charge in [-0.2, -0.15) is 0 Å². The van der Waals surface area contributed by atoms with E-state index in [4.69, 9.17) is 15.2 Å². The lowest BCUT2D eigenvalue weighted by atomic mass is 10.00. The number of rotatable bonds is 6. The van der Waals surface area contributed by atoms with Crippen LogP contribution in [-0.4, -0.2) is 36.0 Å². The predicted molar refractivity (Wildman–Crippen MR) is 69.6 cm³/mol. The minimum absolute atomic E-state index is 0.225. The van der Waals surface area contributed by atoms with Gasteiger partial charge in [0, 0.05) is 11.3 Å². The number of ether oxygens (including phenoxy) is 2. The Morgan fingerprint density at radius 1 is 1.42 bits per heavy atom. The van der Waals surface area contributed by atoms with Crippen LogP contribution < -0.4 is 10.5 Å². The summed E-state index contributed by atoms with van der Waals surface area (Å²) < 4.78 is 9.73. The molecule has 0 aliphatic rings. The molecule has 0 heterocycles. The molecule has 1 aromatic carbocycles. The molecule has 0 radical (unpaired) electrons. The van der Waals surface area contributed by atoms with Gasteiger partial charge in [0.1, 0.15) is 11.9 Å². The van der Waals surface area contributed by atoms with Crippen molar-refractivity contribution in [3.05, 3.63) is 23.8 Å². The zero-order chi connectivity index (χ0) is 14.4. The first-order chi connectivity index (χ1) is 8.99. The van der Waals surface area contributed by atoms with E-state index in [1.807, 2.05) is 0 Å². The van der Waals surface area contributed by atoms with Gasteiger partial charge in [0.2, 0.25) is 0 Å². The second-order valence-corrected chi connectivity index (χ2v) is 4.02. The topological polar surface area (TPSA) is 102 Å².